The molecule has 33 heavy (non-hydrogen) atoms. The summed E-state index contributed by atoms with van der Waals surface area (Å²) < 4.78 is 14.7. The van der Waals surface area contributed by atoms with E-state index < -0.39 is 0 Å². The van der Waals surface area contributed by atoms with E-state index in [2.05, 4.69) is 6.92 Å². The molecule has 2 aromatic carbocycles. The van der Waals surface area contributed by atoms with Crippen LogP contribution in [0.4, 0.5) is 0 Å². The van der Waals surface area contributed by atoms with Crippen LogP contribution in [0.1, 0.15) is 32.1 Å². The van der Waals surface area contributed by atoms with Crippen molar-refractivity contribution in [3.8, 4) is 17.2 Å². The molecule has 0 aliphatic heterocycles. The van der Waals surface area contributed by atoms with Gasteiger partial charge in [0.25, 0.3) is 5.56 Å². The number of benzene rings is 2. The van der Waals surface area contributed by atoms with Crippen LogP contribution in [0.5, 0.6) is 11.5 Å². The summed E-state index contributed by atoms with van der Waals surface area (Å²) >= 11 is 0. The molecular weight excluding hydrogens is 418 g/mol. The van der Waals surface area contributed by atoms with E-state index in [0.717, 1.165) is 17.5 Å². The molecule has 3 heterocycles. The smallest absolute Gasteiger partial charge is 0.265 e. The summed E-state index contributed by atoms with van der Waals surface area (Å²) in [5.74, 6) is 1.90. The maximum atomic E-state index is 13.8. The van der Waals surface area contributed by atoms with Gasteiger partial charge in [-0.1, -0.05) is 19.1 Å². The van der Waals surface area contributed by atoms with Crippen LogP contribution in [-0.4, -0.2) is 38.3 Å². The van der Waals surface area contributed by atoms with Gasteiger partial charge in [-0.15, -0.1) is 0 Å². The molecule has 0 fully saturated rings. The van der Waals surface area contributed by atoms with Crippen molar-refractivity contribution in [2.75, 3.05) is 14.2 Å². The SMILES string of the molecule is CC[C@H](C)n1c(C)nc2c(c1=O)c1nc3ccccc3nc1n2-c1cc(OC)ccc1OC. The zero-order chi connectivity index (χ0) is 23.3. The predicted octanol–water partition coefficient (Wildman–Crippen LogP) is 4.58. The van der Waals surface area contributed by atoms with Crippen molar-refractivity contribution in [2.45, 2.75) is 33.2 Å². The van der Waals surface area contributed by atoms with Gasteiger partial charge < -0.3 is 9.47 Å². The Morgan fingerprint density at radius 3 is 2.36 bits per heavy atom. The number of aromatic nitrogens is 5. The molecule has 0 amide bonds. The lowest BCUT2D eigenvalue weighted by atomic mass is 10.2. The van der Waals surface area contributed by atoms with Gasteiger partial charge in [0.2, 0.25) is 0 Å². The van der Waals surface area contributed by atoms with Crippen molar-refractivity contribution in [1.29, 1.82) is 0 Å². The first kappa shape index (κ1) is 20.9. The van der Waals surface area contributed by atoms with Gasteiger partial charge in [-0.05, 0) is 44.5 Å². The highest BCUT2D eigenvalue weighted by atomic mass is 16.5. The first-order chi connectivity index (χ1) is 16.0. The number of ether oxygens (including phenoxy) is 2. The normalized spacial score (nSPS) is 12.5. The maximum Gasteiger partial charge on any atom is 0.265 e. The Hall–Kier alpha value is -3.94. The van der Waals surface area contributed by atoms with Crippen molar-refractivity contribution >= 4 is 33.2 Å². The fraction of sp³-hybridized carbons (Fsp3) is 0.280. The highest BCUT2D eigenvalue weighted by Crippen LogP contribution is 2.35. The molecule has 0 aliphatic rings. The lowest BCUT2D eigenvalue weighted by Crippen LogP contribution is -2.26. The molecule has 8 nitrogen and oxygen atoms in total. The first-order valence-corrected chi connectivity index (χ1v) is 10.9. The number of nitrogens with zero attached hydrogens (tertiary/aromatic N) is 5. The van der Waals surface area contributed by atoms with Crippen LogP contribution in [0.3, 0.4) is 0 Å². The lowest BCUT2D eigenvalue weighted by molar-refractivity contribution is 0.402. The molecular formula is C25H25N5O3. The van der Waals surface area contributed by atoms with Crippen molar-refractivity contribution in [3.63, 3.8) is 0 Å². The van der Waals surface area contributed by atoms with Crippen LogP contribution in [0.25, 0.3) is 38.9 Å². The summed E-state index contributed by atoms with van der Waals surface area (Å²) in [6, 6.07) is 13.1. The van der Waals surface area contributed by atoms with Crippen LogP contribution in [-0.2, 0) is 0 Å². The van der Waals surface area contributed by atoms with Crippen molar-refractivity contribution < 1.29 is 9.47 Å². The zero-order valence-corrected chi connectivity index (χ0v) is 19.3. The largest absolute Gasteiger partial charge is 0.497 e. The number of para-hydroxylation sites is 2. The molecule has 0 saturated heterocycles. The second-order valence-corrected chi connectivity index (χ2v) is 8.05. The Labute approximate surface area is 190 Å². The maximum absolute atomic E-state index is 13.8. The van der Waals surface area contributed by atoms with E-state index in [1.807, 2.05) is 60.9 Å². The molecule has 0 unspecified atom stereocenters. The number of hydrogen-bond donors (Lipinski definition) is 0. The molecule has 0 spiro atoms. The second-order valence-electron chi connectivity index (χ2n) is 8.05. The van der Waals surface area contributed by atoms with E-state index in [1.54, 1.807) is 18.8 Å². The molecule has 168 valence electrons. The van der Waals surface area contributed by atoms with Crippen molar-refractivity contribution in [2.24, 2.45) is 0 Å². The van der Waals surface area contributed by atoms with E-state index in [0.29, 0.717) is 45.2 Å². The van der Waals surface area contributed by atoms with Gasteiger partial charge in [-0.3, -0.25) is 13.9 Å². The summed E-state index contributed by atoms with van der Waals surface area (Å²) in [6.07, 6.45) is 0.810. The number of fused-ring (bicyclic) bond motifs is 4. The Morgan fingerprint density at radius 1 is 0.970 bits per heavy atom. The van der Waals surface area contributed by atoms with E-state index in [4.69, 9.17) is 24.4 Å². The van der Waals surface area contributed by atoms with Gasteiger partial charge in [0.1, 0.15) is 28.2 Å². The van der Waals surface area contributed by atoms with Crippen LogP contribution >= 0.6 is 0 Å². The van der Waals surface area contributed by atoms with Crippen LogP contribution in [0.15, 0.2) is 47.3 Å². The average molecular weight is 444 g/mol. The van der Waals surface area contributed by atoms with Crippen molar-refractivity contribution in [3.05, 3.63) is 58.6 Å². The number of methoxy groups -OCH3 is 2. The third kappa shape index (κ3) is 3.13. The second kappa shape index (κ2) is 7.88. The van der Waals surface area contributed by atoms with E-state index in [1.165, 1.54) is 0 Å². The summed E-state index contributed by atoms with van der Waals surface area (Å²) in [7, 11) is 3.22. The van der Waals surface area contributed by atoms with Crippen molar-refractivity contribution in [1.82, 2.24) is 24.1 Å². The Balaban J connectivity index is 2.03. The Bertz CT molecular complexity index is 1580. The third-order valence-electron chi connectivity index (χ3n) is 6.14. The molecule has 3 aromatic heterocycles. The zero-order valence-electron chi connectivity index (χ0n) is 19.3. The molecule has 1 atom stereocenters. The van der Waals surface area contributed by atoms with Gasteiger partial charge >= 0.3 is 0 Å². The van der Waals surface area contributed by atoms with Gasteiger partial charge in [0.05, 0.1) is 30.9 Å². The molecule has 5 rings (SSSR count). The van der Waals surface area contributed by atoms with Crippen LogP contribution in [0, 0.1) is 6.92 Å². The molecule has 0 N–H and O–H groups in total. The lowest BCUT2D eigenvalue weighted by Gasteiger charge is -2.17. The summed E-state index contributed by atoms with van der Waals surface area (Å²) in [6.45, 7) is 5.93. The van der Waals surface area contributed by atoms with Gasteiger partial charge in [-0.2, -0.15) is 0 Å². The minimum atomic E-state index is -0.123. The highest BCUT2D eigenvalue weighted by Gasteiger charge is 2.25. The van der Waals surface area contributed by atoms with Gasteiger partial charge in [-0.25, -0.2) is 15.0 Å². The standard InChI is InChI=1S/C25H25N5O3/c1-6-14(2)29-15(3)26-23-21(25(29)31)22-24(28-18-10-8-7-9-17(18)27-22)30(23)19-13-16(32-4)11-12-20(19)33-5/h7-14H,6H2,1-5H3/t14-/m0/s1. The van der Waals surface area contributed by atoms with Crippen LogP contribution < -0.4 is 15.0 Å². The minimum absolute atomic E-state index is 0.00701. The first-order valence-electron chi connectivity index (χ1n) is 10.9. The number of hydrogen-bond acceptors (Lipinski definition) is 6. The molecule has 0 bridgehead atoms. The van der Waals surface area contributed by atoms with E-state index in [9.17, 15) is 4.79 Å². The topological polar surface area (TPSA) is 84.1 Å². The fourth-order valence-corrected chi connectivity index (χ4v) is 4.31. The molecule has 0 radical (unpaired) electrons. The van der Waals surface area contributed by atoms with E-state index in [-0.39, 0.29) is 11.6 Å². The predicted molar refractivity (Wildman–Crippen MR) is 129 cm³/mol. The quantitative estimate of drug-likeness (QED) is 0.395. The van der Waals surface area contributed by atoms with Gasteiger partial charge in [0, 0.05) is 12.1 Å². The van der Waals surface area contributed by atoms with Gasteiger partial charge in [0.15, 0.2) is 11.3 Å². The summed E-state index contributed by atoms with van der Waals surface area (Å²) in [5.41, 5.74) is 3.56. The monoisotopic (exact) mass is 443 g/mol. The highest BCUT2D eigenvalue weighted by molar-refractivity contribution is 6.06. The number of aryl methyl sites for hydroxylation is 1. The molecule has 5 aromatic rings. The average Bonchev–Trinajstić information content (AvgIpc) is 3.14. The summed E-state index contributed by atoms with van der Waals surface area (Å²) in [5, 5.41) is 0.444. The minimum Gasteiger partial charge on any atom is -0.497 e. The fourth-order valence-electron chi connectivity index (χ4n) is 4.31. The van der Waals surface area contributed by atoms with E-state index >= 15 is 0 Å². The Morgan fingerprint density at radius 2 is 1.70 bits per heavy atom. The third-order valence-corrected chi connectivity index (χ3v) is 6.14. The summed E-state index contributed by atoms with van der Waals surface area (Å²) in [4.78, 5) is 28.5. The molecule has 0 aliphatic carbocycles. The number of rotatable bonds is 5. The Kier molecular flexibility index (Phi) is 5.00. The molecule has 0 saturated carbocycles. The molecule has 8 heteroatoms. The van der Waals surface area contributed by atoms with Crippen LogP contribution in [0.2, 0.25) is 0 Å².